The molecule has 2 aliphatic rings. The van der Waals surface area contributed by atoms with Crippen LogP contribution in [0.2, 0.25) is 0 Å². The van der Waals surface area contributed by atoms with Gasteiger partial charge in [-0.05, 0) is 84.4 Å². The highest BCUT2D eigenvalue weighted by Gasteiger charge is 2.27. The highest BCUT2D eigenvalue weighted by molar-refractivity contribution is 14.1. The number of halogens is 1. The minimum absolute atomic E-state index is 0.0498. The molecule has 1 fully saturated rings. The maximum absolute atomic E-state index is 13.4. The molecule has 1 saturated carbocycles. The number of benzene rings is 1. The summed E-state index contributed by atoms with van der Waals surface area (Å²) in [6.07, 6.45) is 13.7. The van der Waals surface area contributed by atoms with Crippen LogP contribution < -0.4 is 14.8 Å². The maximum Gasteiger partial charge on any atom is 0.254 e. The number of nitrogens with zero attached hydrogens (tertiary/aromatic N) is 1. The van der Waals surface area contributed by atoms with Gasteiger partial charge >= 0.3 is 0 Å². The van der Waals surface area contributed by atoms with E-state index in [1.54, 1.807) is 24.5 Å². The van der Waals surface area contributed by atoms with E-state index in [-0.39, 0.29) is 11.9 Å². The number of thiophene rings is 1. The van der Waals surface area contributed by atoms with Gasteiger partial charge in [-0.2, -0.15) is 0 Å². The number of methoxy groups -OCH3 is 1. The Kier molecular flexibility index (Phi) is 8.46. The zero-order valence-electron chi connectivity index (χ0n) is 19.1. The zero-order valence-corrected chi connectivity index (χ0v) is 22.1. The molecule has 1 aromatic carbocycles. The van der Waals surface area contributed by atoms with Crippen LogP contribution in [-0.2, 0) is 12.8 Å². The number of carbonyl (C=O) groups excluding carboxylic acids is 1. The van der Waals surface area contributed by atoms with Crippen LogP contribution in [0.4, 0.5) is 5.00 Å². The second kappa shape index (κ2) is 11.5. The molecular formula is C26H31IN2O3S. The van der Waals surface area contributed by atoms with Crippen LogP contribution in [0.25, 0.3) is 0 Å². The number of amides is 1. The summed E-state index contributed by atoms with van der Waals surface area (Å²) in [5, 5.41) is 4.13. The minimum Gasteiger partial charge on any atom is -0.493 e. The second-order valence-electron chi connectivity index (χ2n) is 8.59. The first-order chi connectivity index (χ1) is 16.1. The van der Waals surface area contributed by atoms with Crippen LogP contribution >= 0.6 is 33.9 Å². The molecule has 4 rings (SSSR count). The molecule has 2 aromatic rings. The Hall–Kier alpha value is -1.87. The van der Waals surface area contributed by atoms with Crippen molar-refractivity contribution in [1.29, 1.82) is 0 Å². The van der Waals surface area contributed by atoms with E-state index < -0.39 is 0 Å². The summed E-state index contributed by atoms with van der Waals surface area (Å²) >= 11 is 3.92. The normalized spacial score (nSPS) is 16.4. The van der Waals surface area contributed by atoms with Crippen LogP contribution in [0.1, 0.15) is 71.3 Å². The van der Waals surface area contributed by atoms with Gasteiger partial charge in [-0.1, -0.05) is 31.9 Å². The monoisotopic (exact) mass is 578 g/mol. The van der Waals surface area contributed by atoms with E-state index in [9.17, 15) is 4.79 Å². The van der Waals surface area contributed by atoms with Crippen molar-refractivity contribution < 1.29 is 14.3 Å². The smallest absolute Gasteiger partial charge is 0.254 e. The van der Waals surface area contributed by atoms with Gasteiger partial charge in [0.2, 0.25) is 0 Å². The number of hydrogen-bond acceptors (Lipinski definition) is 5. The van der Waals surface area contributed by atoms with E-state index in [0.29, 0.717) is 18.1 Å². The van der Waals surface area contributed by atoms with E-state index in [2.05, 4.69) is 34.5 Å². The van der Waals surface area contributed by atoms with E-state index >= 15 is 0 Å². The average molecular weight is 579 g/mol. The zero-order chi connectivity index (χ0) is 23.2. The van der Waals surface area contributed by atoms with Gasteiger partial charge in [0.25, 0.3) is 5.91 Å². The Morgan fingerprint density at radius 2 is 2.03 bits per heavy atom. The summed E-state index contributed by atoms with van der Waals surface area (Å²) in [6, 6.07) is 4.22. The summed E-state index contributed by atoms with van der Waals surface area (Å²) in [5.74, 6) is 1.41. The Bertz CT molecular complexity index is 1040. The van der Waals surface area contributed by atoms with E-state index in [1.807, 2.05) is 18.3 Å². The molecule has 0 bridgehead atoms. The number of carbonyl (C=O) groups is 1. The van der Waals surface area contributed by atoms with Gasteiger partial charge in [-0.25, -0.2) is 4.99 Å². The van der Waals surface area contributed by atoms with Gasteiger partial charge in [0.05, 0.1) is 16.2 Å². The van der Waals surface area contributed by atoms with Crippen LogP contribution in [0.5, 0.6) is 11.5 Å². The number of fused-ring (bicyclic) bond motifs is 1. The Balaban J connectivity index is 1.62. The van der Waals surface area contributed by atoms with Gasteiger partial charge < -0.3 is 14.8 Å². The summed E-state index contributed by atoms with van der Waals surface area (Å²) in [7, 11) is 1.63. The SMILES string of the molecule is C=CCOc1c(I)cc(/C=N/c2sc3c(c2C(=O)NC2CCCCC2)CCCC3)cc1OC. The number of aliphatic imine (C=N–C) groups is 1. The predicted octanol–water partition coefficient (Wildman–Crippen LogP) is 6.62. The van der Waals surface area contributed by atoms with Gasteiger partial charge in [-0.3, -0.25) is 4.79 Å². The van der Waals surface area contributed by atoms with Crippen molar-refractivity contribution in [3.8, 4) is 11.5 Å². The van der Waals surface area contributed by atoms with Crippen molar-refractivity contribution in [2.45, 2.75) is 63.8 Å². The topological polar surface area (TPSA) is 59.9 Å². The molecule has 0 spiro atoms. The standard InChI is InChI=1S/C26H31IN2O3S/c1-3-13-32-24-20(27)14-17(15-21(24)31-2)16-28-26-23(19-11-7-8-12-22(19)33-26)25(30)29-18-9-5-4-6-10-18/h3,14-16,18H,1,4-13H2,2H3,(H,29,30)/b28-16+. The van der Waals surface area contributed by atoms with E-state index in [1.165, 1.54) is 36.1 Å². The first-order valence-corrected chi connectivity index (χ1v) is 13.6. The molecule has 0 saturated heterocycles. The Morgan fingerprint density at radius 3 is 2.79 bits per heavy atom. The maximum atomic E-state index is 13.4. The van der Waals surface area contributed by atoms with Crippen molar-refractivity contribution in [2.75, 3.05) is 13.7 Å². The third kappa shape index (κ3) is 5.80. The average Bonchev–Trinajstić information content (AvgIpc) is 3.21. The Morgan fingerprint density at radius 1 is 1.24 bits per heavy atom. The largest absolute Gasteiger partial charge is 0.493 e. The van der Waals surface area contributed by atoms with Crippen LogP contribution in [0.3, 0.4) is 0 Å². The fourth-order valence-electron chi connectivity index (χ4n) is 4.61. The van der Waals surface area contributed by atoms with E-state index in [4.69, 9.17) is 14.5 Å². The summed E-state index contributed by atoms with van der Waals surface area (Å²) in [4.78, 5) is 19.5. The molecule has 1 amide bonds. The van der Waals surface area contributed by atoms with Crippen molar-refractivity contribution in [3.63, 3.8) is 0 Å². The molecule has 0 unspecified atom stereocenters. The lowest BCUT2D eigenvalue weighted by Crippen LogP contribution is -2.36. The van der Waals surface area contributed by atoms with Gasteiger partial charge in [0, 0.05) is 17.1 Å². The van der Waals surface area contributed by atoms with Crippen molar-refractivity contribution in [3.05, 3.63) is 49.9 Å². The predicted molar refractivity (Wildman–Crippen MR) is 144 cm³/mol. The molecule has 1 aromatic heterocycles. The number of ether oxygens (including phenoxy) is 2. The fourth-order valence-corrected chi connectivity index (χ4v) is 6.62. The first kappa shape index (κ1) is 24.3. The fraction of sp³-hybridized carbons (Fsp3) is 0.462. The quantitative estimate of drug-likeness (QED) is 0.218. The molecule has 1 heterocycles. The number of nitrogens with one attached hydrogen (secondary N) is 1. The van der Waals surface area contributed by atoms with Crippen molar-refractivity contribution in [1.82, 2.24) is 5.32 Å². The summed E-state index contributed by atoms with van der Waals surface area (Å²) < 4.78 is 12.2. The molecular weight excluding hydrogens is 547 g/mol. The molecule has 0 aliphatic heterocycles. The highest BCUT2D eigenvalue weighted by atomic mass is 127. The van der Waals surface area contributed by atoms with Gasteiger partial charge in [-0.15, -0.1) is 11.3 Å². The lowest BCUT2D eigenvalue weighted by molar-refractivity contribution is 0.0927. The summed E-state index contributed by atoms with van der Waals surface area (Å²) in [5.41, 5.74) is 2.92. The minimum atomic E-state index is 0.0498. The molecule has 0 atom stereocenters. The number of hydrogen-bond donors (Lipinski definition) is 1. The van der Waals surface area contributed by atoms with Crippen LogP contribution in [0, 0.1) is 3.57 Å². The number of rotatable bonds is 8. The van der Waals surface area contributed by atoms with Gasteiger partial charge in [0.1, 0.15) is 11.6 Å². The summed E-state index contributed by atoms with van der Waals surface area (Å²) in [6.45, 7) is 4.12. The molecule has 2 aliphatic carbocycles. The molecule has 5 nitrogen and oxygen atoms in total. The van der Waals surface area contributed by atoms with Crippen LogP contribution in [-0.4, -0.2) is 31.9 Å². The highest BCUT2D eigenvalue weighted by Crippen LogP contribution is 2.40. The lowest BCUT2D eigenvalue weighted by Gasteiger charge is -2.23. The van der Waals surface area contributed by atoms with E-state index in [0.717, 1.165) is 51.8 Å². The van der Waals surface area contributed by atoms with Crippen molar-refractivity contribution in [2.24, 2.45) is 4.99 Å². The molecule has 1 N–H and O–H groups in total. The number of aryl methyl sites for hydroxylation is 1. The van der Waals surface area contributed by atoms with Gasteiger partial charge in [0.15, 0.2) is 11.5 Å². The van der Waals surface area contributed by atoms with Crippen LogP contribution in [0.15, 0.2) is 29.8 Å². The third-order valence-corrected chi connectivity index (χ3v) is 8.25. The molecule has 176 valence electrons. The van der Waals surface area contributed by atoms with Crippen molar-refractivity contribution >= 4 is 51.1 Å². The molecule has 0 radical (unpaired) electrons. The molecule has 7 heteroatoms. The third-order valence-electron chi connectivity index (χ3n) is 6.25. The first-order valence-electron chi connectivity index (χ1n) is 11.7. The Labute approximate surface area is 213 Å². The molecule has 33 heavy (non-hydrogen) atoms. The lowest BCUT2D eigenvalue weighted by atomic mass is 9.93. The second-order valence-corrected chi connectivity index (χ2v) is 10.8.